The van der Waals surface area contributed by atoms with Gasteiger partial charge in [0.2, 0.25) is 5.79 Å². The Balaban J connectivity index is 1.82. The minimum Gasteiger partial charge on any atom is -0.368 e. The second-order valence-corrected chi connectivity index (χ2v) is 7.30. The Morgan fingerprint density at radius 1 is 1.05 bits per heavy atom. The van der Waals surface area contributed by atoms with Gasteiger partial charge in [0, 0.05) is 18.3 Å². The number of rotatable bonds is 0. The van der Waals surface area contributed by atoms with Crippen molar-refractivity contribution in [1.82, 2.24) is 0 Å². The average molecular weight is 284 g/mol. The predicted octanol–water partition coefficient (Wildman–Crippen LogP) is 2.19. The van der Waals surface area contributed by atoms with Crippen LogP contribution in [-0.2, 0) is 19.2 Å². The lowest BCUT2D eigenvalue weighted by Crippen LogP contribution is -2.70. The van der Waals surface area contributed by atoms with Gasteiger partial charge in [-0.15, -0.1) is 0 Å². The van der Waals surface area contributed by atoms with Crippen molar-refractivity contribution >= 4 is 0 Å². The van der Waals surface area contributed by atoms with Crippen LogP contribution in [0.4, 0.5) is 0 Å². The predicted molar refractivity (Wildman–Crippen MR) is 69.0 cm³/mol. The molecular weight excluding hydrogens is 260 g/mol. The molecule has 114 valence electrons. The maximum Gasteiger partial charge on any atom is 0.201 e. The fourth-order valence-corrected chi connectivity index (χ4v) is 4.89. The van der Waals surface area contributed by atoms with Gasteiger partial charge in [-0.1, -0.05) is 13.8 Å². The zero-order chi connectivity index (χ0) is 14.1. The van der Waals surface area contributed by atoms with E-state index in [1.165, 1.54) is 6.42 Å². The van der Waals surface area contributed by atoms with Crippen molar-refractivity contribution in [1.29, 1.82) is 0 Å². The molecule has 5 heteroatoms. The summed E-state index contributed by atoms with van der Waals surface area (Å²) in [7, 11) is 0. The van der Waals surface area contributed by atoms with Gasteiger partial charge in [0.1, 0.15) is 0 Å². The van der Waals surface area contributed by atoms with Gasteiger partial charge in [0.15, 0.2) is 18.2 Å². The van der Waals surface area contributed by atoms with Crippen LogP contribution in [0, 0.1) is 23.7 Å². The second-order valence-electron chi connectivity index (χ2n) is 7.30. The zero-order valence-electron chi connectivity index (χ0n) is 12.4. The Labute approximate surface area is 119 Å². The summed E-state index contributed by atoms with van der Waals surface area (Å²) in [5.74, 6) is 0.437. The molecule has 5 aliphatic rings. The number of ether oxygens (including phenoxy) is 2. The van der Waals surface area contributed by atoms with Gasteiger partial charge in [-0.3, -0.25) is 0 Å². The molecule has 5 nitrogen and oxygen atoms in total. The Hall–Kier alpha value is -0.200. The average Bonchev–Trinajstić information content (AvgIpc) is 2.63. The first-order valence-corrected chi connectivity index (χ1v) is 7.84. The highest BCUT2D eigenvalue weighted by molar-refractivity contribution is 5.08. The molecule has 8 atom stereocenters. The van der Waals surface area contributed by atoms with E-state index in [2.05, 4.69) is 6.92 Å². The monoisotopic (exact) mass is 284 g/mol. The van der Waals surface area contributed by atoms with Crippen LogP contribution in [0.5, 0.6) is 0 Å². The van der Waals surface area contributed by atoms with E-state index in [1.54, 1.807) is 0 Å². The summed E-state index contributed by atoms with van der Waals surface area (Å²) in [6, 6.07) is 0. The van der Waals surface area contributed by atoms with Crippen LogP contribution < -0.4 is 0 Å². The van der Waals surface area contributed by atoms with E-state index in [0.29, 0.717) is 11.8 Å². The molecule has 0 aromatic rings. The van der Waals surface area contributed by atoms with Crippen LogP contribution in [0.2, 0.25) is 0 Å². The van der Waals surface area contributed by atoms with Crippen LogP contribution in [0.15, 0.2) is 0 Å². The maximum absolute atomic E-state index is 10.2. The maximum atomic E-state index is 10.2. The van der Waals surface area contributed by atoms with Crippen LogP contribution >= 0.6 is 0 Å². The zero-order valence-corrected chi connectivity index (χ0v) is 12.4. The summed E-state index contributed by atoms with van der Waals surface area (Å²) in [4.78, 5) is 11.6. The number of aliphatic hydroxyl groups excluding tert-OH is 1. The SMILES string of the molecule is C[C@H]1C(O)O[C@@H]2O[C@@]3(C)CC[C@H]4[C@H](C)CCC1[C@@]24OO3. The molecule has 2 unspecified atom stereocenters. The molecule has 2 bridgehead atoms. The summed E-state index contributed by atoms with van der Waals surface area (Å²) >= 11 is 0. The van der Waals surface area contributed by atoms with E-state index in [0.717, 1.165) is 19.3 Å². The minimum absolute atomic E-state index is 0.0379. The van der Waals surface area contributed by atoms with Gasteiger partial charge in [0.25, 0.3) is 0 Å². The van der Waals surface area contributed by atoms with Crippen molar-refractivity contribution in [2.45, 2.75) is 70.4 Å². The second kappa shape index (κ2) is 4.17. The Morgan fingerprint density at radius 3 is 2.65 bits per heavy atom. The molecular formula is C15H24O5. The molecule has 1 spiro atoms. The van der Waals surface area contributed by atoms with Crippen LogP contribution in [0.1, 0.15) is 46.5 Å². The lowest BCUT2D eigenvalue weighted by Gasteiger charge is -2.59. The standard InChI is InChI=1S/C15H24O5/c1-8-4-5-11-9(2)12(16)17-13-15(11)10(8)6-7-14(3,18-13)19-20-15/h8-13,16H,4-7H2,1-3H3/t8-,9-,10+,11?,12?,13-,14-,15-/m1/s1. The van der Waals surface area contributed by atoms with Gasteiger partial charge in [-0.25, -0.2) is 9.78 Å². The first-order valence-electron chi connectivity index (χ1n) is 7.84. The topological polar surface area (TPSA) is 57.2 Å². The van der Waals surface area contributed by atoms with Crippen molar-refractivity contribution in [3.63, 3.8) is 0 Å². The Bertz CT molecular complexity index is 411. The van der Waals surface area contributed by atoms with Gasteiger partial charge >= 0.3 is 0 Å². The molecule has 0 aromatic heterocycles. The van der Waals surface area contributed by atoms with Crippen LogP contribution in [0.3, 0.4) is 0 Å². The number of fused-ring (bicyclic) bond motifs is 2. The van der Waals surface area contributed by atoms with Crippen LogP contribution in [-0.4, -0.2) is 29.1 Å². The fraction of sp³-hybridized carbons (Fsp3) is 1.00. The van der Waals surface area contributed by atoms with E-state index in [-0.39, 0.29) is 11.8 Å². The molecule has 1 aliphatic carbocycles. The van der Waals surface area contributed by atoms with E-state index in [1.807, 2.05) is 13.8 Å². The summed E-state index contributed by atoms with van der Waals surface area (Å²) in [5.41, 5.74) is -0.549. The van der Waals surface area contributed by atoms with E-state index >= 15 is 0 Å². The summed E-state index contributed by atoms with van der Waals surface area (Å²) in [6.07, 6.45) is 2.72. The van der Waals surface area contributed by atoms with Gasteiger partial charge in [-0.05, 0) is 38.0 Å². The molecule has 5 rings (SSSR count). The third-order valence-corrected chi connectivity index (χ3v) is 6.12. The molecule has 4 heterocycles. The van der Waals surface area contributed by atoms with Gasteiger partial charge < -0.3 is 14.6 Å². The van der Waals surface area contributed by atoms with Crippen molar-refractivity contribution in [3.05, 3.63) is 0 Å². The highest BCUT2D eigenvalue weighted by Crippen LogP contribution is 2.60. The lowest BCUT2D eigenvalue weighted by molar-refractivity contribution is -0.576. The molecule has 20 heavy (non-hydrogen) atoms. The largest absolute Gasteiger partial charge is 0.368 e. The van der Waals surface area contributed by atoms with Crippen molar-refractivity contribution in [2.75, 3.05) is 0 Å². The fourth-order valence-electron chi connectivity index (χ4n) is 4.89. The first kappa shape index (κ1) is 13.5. The molecule has 1 saturated carbocycles. The molecule has 1 N–H and O–H groups in total. The highest BCUT2D eigenvalue weighted by Gasteiger charge is 2.69. The van der Waals surface area contributed by atoms with Crippen LogP contribution in [0.25, 0.3) is 0 Å². The highest BCUT2D eigenvalue weighted by atomic mass is 17.3. The molecule has 0 radical (unpaired) electrons. The van der Waals surface area contributed by atoms with Crippen molar-refractivity contribution in [3.8, 4) is 0 Å². The quantitative estimate of drug-likeness (QED) is 0.691. The third-order valence-electron chi connectivity index (χ3n) is 6.12. The smallest absolute Gasteiger partial charge is 0.201 e. The summed E-state index contributed by atoms with van der Waals surface area (Å²) in [5, 5.41) is 10.2. The number of aliphatic hydroxyl groups is 1. The lowest BCUT2D eigenvalue weighted by atomic mass is 9.58. The summed E-state index contributed by atoms with van der Waals surface area (Å²) in [6.45, 7) is 6.22. The normalized spacial score (nSPS) is 61.8. The summed E-state index contributed by atoms with van der Waals surface area (Å²) < 4.78 is 11.9. The Morgan fingerprint density at radius 2 is 1.85 bits per heavy atom. The van der Waals surface area contributed by atoms with Crippen molar-refractivity contribution < 1.29 is 24.4 Å². The number of hydrogen-bond acceptors (Lipinski definition) is 5. The molecule has 4 saturated heterocycles. The van der Waals surface area contributed by atoms with E-state index in [4.69, 9.17) is 19.2 Å². The Kier molecular flexibility index (Phi) is 2.81. The molecule has 0 amide bonds. The van der Waals surface area contributed by atoms with E-state index < -0.39 is 24.0 Å². The molecule has 4 aliphatic heterocycles. The molecule has 0 aromatic carbocycles. The number of hydrogen-bond donors (Lipinski definition) is 1. The first-order chi connectivity index (χ1) is 9.46. The minimum atomic E-state index is -0.781. The molecule has 5 fully saturated rings. The van der Waals surface area contributed by atoms with Crippen molar-refractivity contribution in [2.24, 2.45) is 23.7 Å². The third kappa shape index (κ3) is 1.56. The van der Waals surface area contributed by atoms with Gasteiger partial charge in [-0.2, -0.15) is 0 Å². The van der Waals surface area contributed by atoms with E-state index in [9.17, 15) is 5.11 Å². The van der Waals surface area contributed by atoms with Gasteiger partial charge in [0.05, 0.1) is 0 Å².